The Morgan fingerprint density at radius 2 is 2.33 bits per heavy atom. The Morgan fingerprint density at radius 1 is 1.83 bits per heavy atom. The Labute approximate surface area is 39.0 Å². The van der Waals surface area contributed by atoms with E-state index in [4.69, 9.17) is 12.0 Å². The van der Waals surface area contributed by atoms with Crippen LogP contribution in [0.4, 0.5) is 0 Å². The van der Waals surface area contributed by atoms with E-state index >= 15 is 0 Å². The van der Waals surface area contributed by atoms with Gasteiger partial charge in [0.05, 0.1) is 0 Å². The van der Waals surface area contributed by atoms with Crippen LogP contribution in [0.25, 0.3) is 0 Å². The molecule has 0 aliphatic carbocycles. The van der Waals surface area contributed by atoms with Crippen molar-refractivity contribution in [1.82, 2.24) is 0 Å². The van der Waals surface area contributed by atoms with Gasteiger partial charge < -0.3 is 5.11 Å². The Balaban J connectivity index is 2.75. The number of rotatable bonds is 2. The number of hydrogen-bond donors (Lipinski definition) is 1. The Kier molecular flexibility index (Phi) is 3.14. The molecule has 0 amide bonds. The number of aliphatic hydroxyl groups excluding tert-OH is 1. The third-order valence-corrected chi connectivity index (χ3v) is 0.714. The number of aliphatic hydroxyl groups is 1. The summed E-state index contributed by atoms with van der Waals surface area (Å²) < 4.78 is 0. The van der Waals surface area contributed by atoms with Crippen molar-refractivity contribution in [3.63, 3.8) is 0 Å². The lowest BCUT2D eigenvalue weighted by Crippen LogP contribution is -1.96. The Hall–Kier alpha value is -0.0400. The summed E-state index contributed by atoms with van der Waals surface area (Å²) in [6.07, 6.45) is 0.580. The van der Waals surface area contributed by atoms with Crippen molar-refractivity contribution in [1.29, 1.82) is 0 Å². The van der Waals surface area contributed by atoms with Crippen LogP contribution in [0, 0.1) is 12.8 Å². The molecule has 2 radical (unpaired) electrons. The molecule has 0 saturated carbocycles. The summed E-state index contributed by atoms with van der Waals surface area (Å²) in [4.78, 5) is 0. The zero-order chi connectivity index (χ0) is 4.99. The molecule has 0 rings (SSSR count). The molecule has 1 unspecified atom stereocenters. The second-order valence-electron chi connectivity index (χ2n) is 1.52. The van der Waals surface area contributed by atoms with E-state index in [0.29, 0.717) is 6.42 Å². The molecule has 0 aromatic carbocycles. The third-order valence-electron chi connectivity index (χ3n) is 0.714. The van der Waals surface area contributed by atoms with E-state index < -0.39 is 0 Å². The topological polar surface area (TPSA) is 20.2 Å². The van der Waals surface area contributed by atoms with E-state index in [0.717, 1.165) is 0 Å². The molecule has 0 aliphatic rings. The van der Waals surface area contributed by atoms with Crippen LogP contribution in [0.3, 0.4) is 0 Å². The van der Waals surface area contributed by atoms with Crippen molar-refractivity contribution in [2.24, 2.45) is 5.92 Å². The van der Waals surface area contributed by atoms with Gasteiger partial charge in [-0.3, -0.25) is 0 Å². The van der Waals surface area contributed by atoms with Crippen molar-refractivity contribution in [2.45, 2.75) is 13.3 Å². The van der Waals surface area contributed by atoms with Gasteiger partial charge >= 0.3 is 0 Å². The summed E-state index contributed by atoms with van der Waals surface area (Å²) in [7, 11) is 0. The fraction of sp³-hybridized carbons (Fsp3) is 0.800. The maximum absolute atomic E-state index is 8.25. The van der Waals surface area contributed by atoms with Gasteiger partial charge in [-0.1, -0.05) is 6.92 Å². The minimum Gasteiger partial charge on any atom is -0.396 e. The minimum absolute atomic E-state index is 0.205. The minimum atomic E-state index is 0.205. The molecular weight excluding hydrogens is 76.1 g/mol. The summed E-state index contributed by atoms with van der Waals surface area (Å²) in [5.74, 6) is 0.269. The summed E-state index contributed by atoms with van der Waals surface area (Å²) in [6, 6.07) is 0. The highest BCUT2D eigenvalue weighted by atomic mass is 16.3. The maximum atomic E-state index is 8.25. The molecule has 0 aromatic heterocycles. The van der Waals surface area contributed by atoms with Crippen LogP contribution in [-0.2, 0) is 0 Å². The van der Waals surface area contributed by atoms with Crippen LogP contribution in [0.2, 0.25) is 0 Å². The second kappa shape index (κ2) is 3.16. The molecule has 0 aliphatic heterocycles. The monoisotopic (exact) mass is 86.1 g/mol. The third kappa shape index (κ3) is 2.21. The molecule has 0 heterocycles. The predicted octanol–water partition coefficient (Wildman–Crippen LogP) is 0.716. The van der Waals surface area contributed by atoms with Crippen molar-refractivity contribution in [3.8, 4) is 0 Å². The highest BCUT2D eigenvalue weighted by molar-refractivity contribution is 4.48. The fourth-order valence-electron chi connectivity index (χ4n) is 0.0745. The van der Waals surface area contributed by atoms with Gasteiger partial charge in [0.1, 0.15) is 0 Å². The van der Waals surface area contributed by atoms with Crippen LogP contribution in [0.5, 0.6) is 0 Å². The van der Waals surface area contributed by atoms with E-state index in [2.05, 4.69) is 0 Å². The Bertz CT molecular complexity index is 23.1. The SMILES string of the molecule is [CH]CC(C)CO. The van der Waals surface area contributed by atoms with Crippen molar-refractivity contribution in [2.75, 3.05) is 6.61 Å². The molecule has 6 heavy (non-hydrogen) atoms. The van der Waals surface area contributed by atoms with E-state index in [1.807, 2.05) is 6.92 Å². The van der Waals surface area contributed by atoms with Gasteiger partial charge in [0, 0.05) is 6.61 Å². The van der Waals surface area contributed by atoms with Crippen LogP contribution >= 0.6 is 0 Å². The molecular formula is C5H10O. The van der Waals surface area contributed by atoms with Gasteiger partial charge in [0.25, 0.3) is 0 Å². The molecule has 1 N–H and O–H groups in total. The zero-order valence-corrected chi connectivity index (χ0v) is 4.02. The van der Waals surface area contributed by atoms with Gasteiger partial charge in [-0.25, -0.2) is 0 Å². The lowest BCUT2D eigenvalue weighted by Gasteiger charge is -1.97. The molecule has 36 valence electrons. The molecule has 0 bridgehead atoms. The summed E-state index contributed by atoms with van der Waals surface area (Å²) in [6.45, 7) is 7.23. The molecule has 0 spiro atoms. The van der Waals surface area contributed by atoms with E-state index in [9.17, 15) is 0 Å². The molecule has 0 aromatic rings. The average Bonchev–Trinajstić information content (AvgIpc) is 1.65. The highest BCUT2D eigenvalue weighted by Gasteiger charge is 1.90. The zero-order valence-electron chi connectivity index (χ0n) is 4.02. The standard InChI is InChI=1S/C5H10O/c1-3-5(2)4-6/h1,5-6H,3-4H2,2H3. The van der Waals surface area contributed by atoms with Gasteiger partial charge in [0.2, 0.25) is 0 Å². The van der Waals surface area contributed by atoms with Crippen molar-refractivity contribution in [3.05, 3.63) is 6.92 Å². The largest absolute Gasteiger partial charge is 0.396 e. The van der Waals surface area contributed by atoms with Crippen LogP contribution in [0.15, 0.2) is 0 Å². The highest BCUT2D eigenvalue weighted by Crippen LogP contribution is 1.94. The quantitative estimate of drug-likeness (QED) is 0.525. The van der Waals surface area contributed by atoms with Crippen molar-refractivity contribution < 1.29 is 5.11 Å². The average molecular weight is 86.1 g/mol. The van der Waals surface area contributed by atoms with Crippen LogP contribution in [0.1, 0.15) is 13.3 Å². The van der Waals surface area contributed by atoms with Crippen molar-refractivity contribution >= 4 is 0 Å². The van der Waals surface area contributed by atoms with Gasteiger partial charge in [-0.2, -0.15) is 0 Å². The number of hydrogen-bond acceptors (Lipinski definition) is 1. The smallest absolute Gasteiger partial charge is 0.0456 e. The normalized spacial score (nSPS) is 14.5. The lowest BCUT2D eigenvalue weighted by atomic mass is 10.1. The van der Waals surface area contributed by atoms with Gasteiger partial charge in [0.15, 0.2) is 0 Å². The van der Waals surface area contributed by atoms with Gasteiger partial charge in [-0.15, -0.1) is 0 Å². The summed E-state index contributed by atoms with van der Waals surface area (Å²) in [5.41, 5.74) is 0. The molecule has 1 nitrogen and oxygen atoms in total. The van der Waals surface area contributed by atoms with Crippen LogP contribution in [-0.4, -0.2) is 11.7 Å². The fourth-order valence-corrected chi connectivity index (χ4v) is 0.0745. The predicted molar refractivity (Wildman–Crippen MR) is 25.2 cm³/mol. The van der Waals surface area contributed by atoms with Crippen LogP contribution < -0.4 is 0 Å². The van der Waals surface area contributed by atoms with E-state index in [1.165, 1.54) is 0 Å². The first-order valence-electron chi connectivity index (χ1n) is 2.12. The lowest BCUT2D eigenvalue weighted by molar-refractivity contribution is 0.238. The summed E-state index contributed by atoms with van der Waals surface area (Å²) in [5, 5.41) is 8.25. The van der Waals surface area contributed by atoms with Gasteiger partial charge in [-0.05, 0) is 19.3 Å². The molecule has 0 fully saturated rings. The van der Waals surface area contributed by atoms with E-state index in [1.54, 1.807) is 0 Å². The molecule has 0 saturated heterocycles. The first-order chi connectivity index (χ1) is 2.81. The summed E-state index contributed by atoms with van der Waals surface area (Å²) >= 11 is 0. The Morgan fingerprint density at radius 3 is 2.33 bits per heavy atom. The first kappa shape index (κ1) is 5.96. The first-order valence-corrected chi connectivity index (χ1v) is 2.12. The molecule has 1 atom stereocenters. The second-order valence-corrected chi connectivity index (χ2v) is 1.52. The maximum Gasteiger partial charge on any atom is 0.0456 e. The van der Waals surface area contributed by atoms with E-state index in [-0.39, 0.29) is 12.5 Å². The molecule has 1 heteroatoms.